The quantitative estimate of drug-likeness (QED) is 0.753. The van der Waals surface area contributed by atoms with E-state index in [-0.39, 0.29) is 18.2 Å². The Labute approximate surface area is 150 Å². The number of benzene rings is 2. The smallest absolute Gasteiger partial charge is 0.252 e. The molecule has 6 heteroatoms. The number of aryl methyl sites for hydroxylation is 1. The van der Waals surface area contributed by atoms with E-state index < -0.39 is 0 Å². The largest absolute Gasteiger partial charge is 0.355 e. The number of para-hydroxylation sites is 1. The molecule has 0 bridgehead atoms. The number of amides is 2. The minimum Gasteiger partial charge on any atom is -0.355 e. The second kappa shape index (κ2) is 6.99. The summed E-state index contributed by atoms with van der Waals surface area (Å²) >= 11 is 6.03. The van der Waals surface area contributed by atoms with Gasteiger partial charge in [-0.05, 0) is 29.8 Å². The molecule has 0 aliphatic heterocycles. The normalized spacial score (nSPS) is 10.7. The number of hydrogen-bond acceptors (Lipinski definition) is 2. The fourth-order valence-corrected chi connectivity index (χ4v) is 3.06. The predicted octanol–water partition coefficient (Wildman–Crippen LogP) is 3.37. The van der Waals surface area contributed by atoms with Gasteiger partial charge in [0.2, 0.25) is 5.91 Å². The van der Waals surface area contributed by atoms with Crippen molar-refractivity contribution in [2.45, 2.75) is 6.42 Å². The number of rotatable bonds is 4. The maximum atomic E-state index is 12.4. The number of anilines is 1. The zero-order valence-electron chi connectivity index (χ0n) is 14.0. The summed E-state index contributed by atoms with van der Waals surface area (Å²) in [4.78, 5) is 24.2. The van der Waals surface area contributed by atoms with Gasteiger partial charge >= 0.3 is 0 Å². The highest BCUT2D eigenvalue weighted by Gasteiger charge is 2.13. The van der Waals surface area contributed by atoms with Gasteiger partial charge in [-0.25, -0.2) is 0 Å². The molecule has 0 unspecified atom stereocenters. The Balaban J connectivity index is 1.80. The lowest BCUT2D eigenvalue weighted by molar-refractivity contribution is -0.115. The van der Waals surface area contributed by atoms with Crippen LogP contribution < -0.4 is 10.6 Å². The summed E-state index contributed by atoms with van der Waals surface area (Å²) < 4.78 is 2.00. The van der Waals surface area contributed by atoms with Gasteiger partial charge in [0.05, 0.1) is 17.0 Å². The van der Waals surface area contributed by atoms with Crippen LogP contribution in [0.5, 0.6) is 0 Å². The summed E-state index contributed by atoms with van der Waals surface area (Å²) in [5, 5.41) is 6.75. The molecule has 5 nitrogen and oxygen atoms in total. The second-order valence-corrected chi connectivity index (χ2v) is 6.19. The highest BCUT2D eigenvalue weighted by molar-refractivity contribution is 6.34. The van der Waals surface area contributed by atoms with Crippen molar-refractivity contribution in [2.24, 2.45) is 7.05 Å². The van der Waals surface area contributed by atoms with Crippen LogP contribution in [0.3, 0.4) is 0 Å². The van der Waals surface area contributed by atoms with Gasteiger partial charge in [0.1, 0.15) is 0 Å². The molecular formula is C19H18ClN3O2. The zero-order valence-corrected chi connectivity index (χ0v) is 14.7. The summed E-state index contributed by atoms with van der Waals surface area (Å²) in [5.74, 6) is -0.448. The number of carbonyl (C=O) groups is 2. The van der Waals surface area contributed by atoms with Gasteiger partial charge in [-0.1, -0.05) is 29.8 Å². The van der Waals surface area contributed by atoms with E-state index in [1.54, 1.807) is 18.2 Å². The van der Waals surface area contributed by atoms with Crippen LogP contribution in [0, 0.1) is 0 Å². The first-order valence-electron chi connectivity index (χ1n) is 7.84. The molecule has 0 atom stereocenters. The molecule has 0 aliphatic carbocycles. The lowest BCUT2D eigenvalue weighted by Gasteiger charge is -2.08. The van der Waals surface area contributed by atoms with Crippen molar-refractivity contribution >= 4 is 40.0 Å². The highest BCUT2D eigenvalue weighted by Crippen LogP contribution is 2.23. The monoisotopic (exact) mass is 355 g/mol. The molecule has 3 aromatic rings. The van der Waals surface area contributed by atoms with Gasteiger partial charge in [0.25, 0.3) is 5.91 Å². The van der Waals surface area contributed by atoms with E-state index in [0.717, 1.165) is 16.5 Å². The molecule has 2 amide bonds. The fourth-order valence-electron chi connectivity index (χ4n) is 2.86. The second-order valence-electron chi connectivity index (χ2n) is 5.78. The first kappa shape index (κ1) is 17.0. The van der Waals surface area contributed by atoms with Gasteiger partial charge in [0.15, 0.2) is 0 Å². The fraction of sp³-hybridized carbons (Fsp3) is 0.158. The van der Waals surface area contributed by atoms with Gasteiger partial charge < -0.3 is 15.2 Å². The Morgan fingerprint density at radius 3 is 2.68 bits per heavy atom. The van der Waals surface area contributed by atoms with Crippen LogP contribution in [0.15, 0.2) is 48.7 Å². The van der Waals surface area contributed by atoms with Gasteiger partial charge in [-0.15, -0.1) is 0 Å². The first-order valence-corrected chi connectivity index (χ1v) is 8.22. The topological polar surface area (TPSA) is 63.1 Å². The molecule has 0 aliphatic rings. The Morgan fingerprint density at radius 1 is 1.16 bits per heavy atom. The molecule has 3 rings (SSSR count). The van der Waals surface area contributed by atoms with E-state index in [1.807, 2.05) is 42.1 Å². The number of nitrogens with zero attached hydrogens (tertiary/aromatic N) is 1. The first-order chi connectivity index (χ1) is 12.0. The summed E-state index contributed by atoms with van der Waals surface area (Å²) in [6.07, 6.45) is 2.21. The van der Waals surface area contributed by atoms with Crippen molar-refractivity contribution in [1.29, 1.82) is 0 Å². The minimum absolute atomic E-state index is 0.151. The van der Waals surface area contributed by atoms with E-state index in [1.165, 1.54) is 7.05 Å². The highest BCUT2D eigenvalue weighted by atomic mass is 35.5. The Morgan fingerprint density at radius 2 is 1.92 bits per heavy atom. The summed E-state index contributed by atoms with van der Waals surface area (Å²) in [6.45, 7) is 0. The van der Waals surface area contributed by atoms with Crippen LogP contribution >= 0.6 is 11.6 Å². The molecule has 2 N–H and O–H groups in total. The third kappa shape index (κ3) is 3.51. The van der Waals surface area contributed by atoms with Gasteiger partial charge in [-0.3, -0.25) is 9.59 Å². The molecule has 1 heterocycles. The molecule has 1 aromatic heterocycles. The molecule has 0 spiro atoms. The van der Waals surface area contributed by atoms with E-state index in [2.05, 4.69) is 10.6 Å². The minimum atomic E-state index is -0.296. The van der Waals surface area contributed by atoms with Crippen molar-refractivity contribution < 1.29 is 9.59 Å². The molecule has 0 radical (unpaired) electrons. The third-order valence-corrected chi connectivity index (χ3v) is 4.38. The van der Waals surface area contributed by atoms with E-state index >= 15 is 0 Å². The molecule has 0 fully saturated rings. The lowest BCUT2D eigenvalue weighted by atomic mass is 10.1. The van der Waals surface area contributed by atoms with Crippen molar-refractivity contribution in [2.75, 3.05) is 12.4 Å². The molecule has 0 saturated carbocycles. The van der Waals surface area contributed by atoms with E-state index in [0.29, 0.717) is 16.3 Å². The molecule has 128 valence electrons. The van der Waals surface area contributed by atoms with E-state index in [4.69, 9.17) is 11.6 Å². The van der Waals surface area contributed by atoms with Crippen LogP contribution in [0.2, 0.25) is 5.02 Å². The van der Waals surface area contributed by atoms with Crippen molar-refractivity contribution in [1.82, 2.24) is 9.88 Å². The van der Waals surface area contributed by atoms with Crippen molar-refractivity contribution in [3.05, 3.63) is 64.8 Å². The van der Waals surface area contributed by atoms with Gasteiger partial charge in [-0.2, -0.15) is 0 Å². The van der Waals surface area contributed by atoms with E-state index in [9.17, 15) is 9.59 Å². The zero-order chi connectivity index (χ0) is 18.0. The average molecular weight is 356 g/mol. The maximum absolute atomic E-state index is 12.4. The Bertz CT molecular complexity index is 962. The summed E-state index contributed by atoms with van der Waals surface area (Å²) in [7, 11) is 3.49. The number of carbonyl (C=O) groups excluding carboxylic acids is 2. The molecular weight excluding hydrogens is 338 g/mol. The van der Waals surface area contributed by atoms with Crippen LogP contribution in [-0.4, -0.2) is 23.4 Å². The number of halogens is 1. The average Bonchev–Trinajstić information content (AvgIpc) is 2.92. The predicted molar refractivity (Wildman–Crippen MR) is 100 cm³/mol. The van der Waals surface area contributed by atoms with Gasteiger partial charge in [0, 0.05) is 36.9 Å². The summed E-state index contributed by atoms with van der Waals surface area (Å²) in [5.41, 5.74) is 2.90. The van der Waals surface area contributed by atoms with Crippen LogP contribution in [0.4, 0.5) is 5.69 Å². The standard InChI is InChI=1S/C19H18ClN3O2/c1-21-19(25)15-10-13(7-8-16(15)20)22-18(24)9-12-11-23(2)17-6-4-3-5-14(12)17/h3-8,10-11H,9H2,1-2H3,(H,21,25)(H,22,24). The number of fused-ring (bicyclic) bond motifs is 1. The number of hydrogen-bond donors (Lipinski definition) is 2. The lowest BCUT2D eigenvalue weighted by Crippen LogP contribution is -2.19. The Hall–Kier alpha value is -2.79. The Kier molecular flexibility index (Phi) is 4.76. The molecule has 0 saturated heterocycles. The van der Waals surface area contributed by atoms with Crippen molar-refractivity contribution in [3.8, 4) is 0 Å². The number of nitrogens with one attached hydrogen (secondary N) is 2. The van der Waals surface area contributed by atoms with Crippen LogP contribution in [0.1, 0.15) is 15.9 Å². The third-order valence-electron chi connectivity index (χ3n) is 4.05. The molecule has 2 aromatic carbocycles. The SMILES string of the molecule is CNC(=O)c1cc(NC(=O)Cc2cn(C)c3ccccc23)ccc1Cl. The maximum Gasteiger partial charge on any atom is 0.252 e. The van der Waals surface area contributed by atoms with Crippen molar-refractivity contribution in [3.63, 3.8) is 0 Å². The summed E-state index contributed by atoms with van der Waals surface area (Å²) in [6, 6.07) is 12.8. The molecule has 25 heavy (non-hydrogen) atoms. The number of aromatic nitrogens is 1. The van der Waals surface area contributed by atoms with Crippen LogP contribution in [-0.2, 0) is 18.3 Å². The van der Waals surface area contributed by atoms with Crippen LogP contribution in [0.25, 0.3) is 10.9 Å².